The first-order chi connectivity index (χ1) is 10.0. The number of ether oxygens (including phenoxy) is 1. The molecule has 0 aromatic heterocycles. The molecule has 3 N–H and O–H groups in total. The van der Waals surface area contributed by atoms with Crippen molar-refractivity contribution in [2.75, 3.05) is 13.2 Å². The van der Waals surface area contributed by atoms with Gasteiger partial charge in [0, 0.05) is 6.42 Å². The molecule has 0 saturated carbocycles. The first-order valence-corrected chi connectivity index (χ1v) is 6.49. The highest BCUT2D eigenvalue weighted by Gasteiger charge is 2.20. The van der Waals surface area contributed by atoms with Crippen molar-refractivity contribution in [3.05, 3.63) is 35.9 Å². The maximum Gasteiger partial charge on any atom is 0.326 e. The lowest BCUT2D eigenvalue weighted by atomic mass is 10.1. The van der Waals surface area contributed by atoms with Gasteiger partial charge in [-0.05, 0) is 12.5 Å². The van der Waals surface area contributed by atoms with Gasteiger partial charge in [-0.25, -0.2) is 9.59 Å². The fourth-order valence-corrected chi connectivity index (χ4v) is 1.62. The van der Waals surface area contributed by atoms with E-state index in [-0.39, 0.29) is 19.6 Å². The van der Waals surface area contributed by atoms with Crippen molar-refractivity contribution in [3.63, 3.8) is 0 Å². The molecule has 0 heterocycles. The Morgan fingerprint density at radius 1 is 1.24 bits per heavy atom. The number of carboxylic acid groups (broad SMARTS) is 1. The topological polar surface area (TPSA) is 105 Å². The van der Waals surface area contributed by atoms with Crippen LogP contribution in [0.1, 0.15) is 12.5 Å². The fourth-order valence-electron chi connectivity index (χ4n) is 1.62. The lowest BCUT2D eigenvalue weighted by Gasteiger charge is -2.15. The number of amides is 2. The van der Waals surface area contributed by atoms with Gasteiger partial charge < -0.3 is 20.5 Å². The molecule has 7 nitrogen and oxygen atoms in total. The van der Waals surface area contributed by atoms with Crippen LogP contribution >= 0.6 is 0 Å². The van der Waals surface area contributed by atoms with Crippen LogP contribution in [-0.2, 0) is 20.7 Å². The predicted octanol–water partition coefficient (Wildman–Crippen LogP) is 0.545. The summed E-state index contributed by atoms with van der Waals surface area (Å²) in [6, 6.07) is 7.13. The predicted molar refractivity (Wildman–Crippen MR) is 74.7 cm³/mol. The molecule has 0 unspecified atom stereocenters. The van der Waals surface area contributed by atoms with Crippen LogP contribution in [0.2, 0.25) is 0 Å². The summed E-state index contributed by atoms with van der Waals surface area (Å²) in [6.07, 6.45) is 0.156. The number of carboxylic acids is 1. The third-order valence-electron chi connectivity index (χ3n) is 2.58. The Morgan fingerprint density at radius 2 is 1.90 bits per heavy atom. The van der Waals surface area contributed by atoms with Gasteiger partial charge >= 0.3 is 18.0 Å². The first kappa shape index (κ1) is 16.5. The summed E-state index contributed by atoms with van der Waals surface area (Å²) in [4.78, 5) is 33.8. The van der Waals surface area contributed by atoms with E-state index in [1.165, 1.54) is 0 Å². The lowest BCUT2D eigenvalue weighted by Crippen LogP contribution is -2.48. The summed E-state index contributed by atoms with van der Waals surface area (Å²) in [5.41, 5.74) is 0.788. The van der Waals surface area contributed by atoms with Crippen LogP contribution in [0.5, 0.6) is 0 Å². The van der Waals surface area contributed by atoms with E-state index in [0.717, 1.165) is 5.56 Å². The quantitative estimate of drug-likeness (QED) is 0.637. The van der Waals surface area contributed by atoms with E-state index in [2.05, 4.69) is 15.4 Å². The first-order valence-electron chi connectivity index (χ1n) is 6.49. The number of rotatable bonds is 7. The molecule has 21 heavy (non-hydrogen) atoms. The molecule has 2 amide bonds. The van der Waals surface area contributed by atoms with E-state index in [1.807, 2.05) is 6.07 Å². The van der Waals surface area contributed by atoms with E-state index < -0.39 is 24.0 Å². The van der Waals surface area contributed by atoms with Gasteiger partial charge in [-0.2, -0.15) is 0 Å². The van der Waals surface area contributed by atoms with Gasteiger partial charge in [-0.15, -0.1) is 0 Å². The molecule has 0 aliphatic heterocycles. The SMILES string of the molecule is CCOC(=O)CNC(=O)N[C@H](Cc1ccccc1)C(=O)O. The minimum atomic E-state index is -1.15. The minimum absolute atomic E-state index is 0.156. The van der Waals surface area contributed by atoms with Crippen molar-refractivity contribution < 1.29 is 24.2 Å². The number of hydrogen-bond acceptors (Lipinski definition) is 4. The smallest absolute Gasteiger partial charge is 0.326 e. The van der Waals surface area contributed by atoms with Crippen molar-refractivity contribution in [1.82, 2.24) is 10.6 Å². The van der Waals surface area contributed by atoms with E-state index in [0.29, 0.717) is 0 Å². The van der Waals surface area contributed by atoms with Crippen molar-refractivity contribution >= 4 is 18.0 Å². The van der Waals surface area contributed by atoms with Gasteiger partial charge in [0.15, 0.2) is 0 Å². The molecule has 0 spiro atoms. The fraction of sp³-hybridized carbons (Fsp3) is 0.357. The molecular weight excluding hydrogens is 276 g/mol. The van der Waals surface area contributed by atoms with E-state index in [1.54, 1.807) is 31.2 Å². The molecule has 114 valence electrons. The van der Waals surface area contributed by atoms with Gasteiger partial charge in [0.05, 0.1) is 6.61 Å². The Morgan fingerprint density at radius 3 is 2.48 bits per heavy atom. The molecule has 0 aliphatic rings. The average molecular weight is 294 g/mol. The number of benzene rings is 1. The molecule has 1 aromatic carbocycles. The Balaban J connectivity index is 2.49. The monoisotopic (exact) mass is 294 g/mol. The van der Waals surface area contributed by atoms with Crippen LogP contribution in [0.4, 0.5) is 4.79 Å². The third-order valence-corrected chi connectivity index (χ3v) is 2.58. The number of nitrogens with one attached hydrogen (secondary N) is 2. The van der Waals surface area contributed by atoms with Gasteiger partial charge in [0.2, 0.25) is 0 Å². The summed E-state index contributed by atoms with van der Waals surface area (Å²) in [5, 5.41) is 13.7. The van der Waals surface area contributed by atoms with Gasteiger partial charge in [-0.1, -0.05) is 30.3 Å². The molecule has 0 fully saturated rings. The average Bonchev–Trinajstić information content (AvgIpc) is 2.46. The molecule has 0 aliphatic carbocycles. The highest BCUT2D eigenvalue weighted by atomic mass is 16.5. The Hall–Kier alpha value is -2.57. The molecular formula is C14H18N2O5. The van der Waals surface area contributed by atoms with Crippen LogP contribution in [0.3, 0.4) is 0 Å². The number of carbonyl (C=O) groups excluding carboxylic acids is 2. The number of esters is 1. The Kier molecular flexibility index (Phi) is 6.73. The van der Waals surface area contributed by atoms with Crippen LogP contribution in [-0.4, -0.2) is 42.3 Å². The van der Waals surface area contributed by atoms with E-state index in [9.17, 15) is 14.4 Å². The second-order valence-corrected chi connectivity index (χ2v) is 4.21. The number of aliphatic carboxylic acids is 1. The van der Waals surface area contributed by atoms with E-state index >= 15 is 0 Å². The minimum Gasteiger partial charge on any atom is -0.480 e. The standard InChI is InChI=1S/C14H18N2O5/c1-2-21-12(17)9-15-14(20)16-11(13(18)19)8-10-6-4-3-5-7-10/h3-7,11H,2,8-9H2,1H3,(H,18,19)(H2,15,16,20)/t11-/m1/s1. The van der Waals surface area contributed by atoms with Crippen molar-refractivity contribution in [3.8, 4) is 0 Å². The molecule has 0 radical (unpaired) electrons. The zero-order chi connectivity index (χ0) is 15.7. The zero-order valence-electron chi connectivity index (χ0n) is 11.7. The number of carbonyl (C=O) groups is 3. The van der Waals surface area contributed by atoms with Gasteiger partial charge in [0.25, 0.3) is 0 Å². The maximum absolute atomic E-state index is 11.6. The second-order valence-electron chi connectivity index (χ2n) is 4.21. The van der Waals surface area contributed by atoms with Gasteiger partial charge in [0.1, 0.15) is 12.6 Å². The highest BCUT2D eigenvalue weighted by Crippen LogP contribution is 2.03. The summed E-state index contributed by atoms with van der Waals surface area (Å²) in [7, 11) is 0. The summed E-state index contributed by atoms with van der Waals surface area (Å²) >= 11 is 0. The van der Waals surface area contributed by atoms with Crippen LogP contribution < -0.4 is 10.6 Å². The Bertz CT molecular complexity index is 489. The normalized spacial score (nSPS) is 11.3. The maximum atomic E-state index is 11.6. The largest absolute Gasteiger partial charge is 0.480 e. The van der Waals surface area contributed by atoms with Gasteiger partial charge in [-0.3, -0.25) is 4.79 Å². The molecule has 7 heteroatoms. The van der Waals surface area contributed by atoms with Crippen LogP contribution in [0.15, 0.2) is 30.3 Å². The van der Waals surface area contributed by atoms with E-state index in [4.69, 9.17) is 5.11 Å². The van der Waals surface area contributed by atoms with Crippen LogP contribution in [0.25, 0.3) is 0 Å². The number of hydrogen-bond donors (Lipinski definition) is 3. The van der Waals surface area contributed by atoms with Crippen molar-refractivity contribution in [1.29, 1.82) is 0 Å². The lowest BCUT2D eigenvalue weighted by molar-refractivity contribution is -0.141. The molecule has 1 aromatic rings. The summed E-state index contributed by atoms with van der Waals surface area (Å²) in [5.74, 6) is -1.73. The van der Waals surface area contributed by atoms with Crippen molar-refractivity contribution in [2.45, 2.75) is 19.4 Å². The summed E-state index contributed by atoms with van der Waals surface area (Å²) in [6.45, 7) is 1.56. The zero-order valence-corrected chi connectivity index (χ0v) is 11.7. The second kappa shape index (κ2) is 8.57. The number of urea groups is 1. The molecule has 1 atom stereocenters. The molecule has 1 rings (SSSR count). The molecule has 0 saturated heterocycles. The van der Waals surface area contributed by atoms with Crippen LogP contribution in [0, 0.1) is 0 Å². The summed E-state index contributed by atoms with van der Waals surface area (Å²) < 4.78 is 4.64. The highest BCUT2D eigenvalue weighted by molar-refractivity contribution is 5.85. The third kappa shape index (κ3) is 6.42. The molecule has 0 bridgehead atoms. The Labute approximate surface area is 122 Å². The van der Waals surface area contributed by atoms with Crippen molar-refractivity contribution in [2.24, 2.45) is 0 Å².